The average Bonchev–Trinajstić information content (AvgIpc) is 3.47. The summed E-state index contributed by atoms with van der Waals surface area (Å²) in [6.07, 6.45) is 17.3. The third-order valence-corrected chi connectivity index (χ3v) is 10.0. The van der Waals surface area contributed by atoms with E-state index < -0.39 is 0 Å². The molecule has 0 aromatic carbocycles. The van der Waals surface area contributed by atoms with Gasteiger partial charge in [-0.1, -0.05) is 44.1 Å². The lowest BCUT2D eigenvalue weighted by molar-refractivity contribution is 0.236. The van der Waals surface area contributed by atoms with Crippen molar-refractivity contribution in [3.05, 3.63) is 47.9 Å². The molecule has 3 rings (SSSR count). The minimum Gasteiger partial charge on any atom is -0.392 e. The summed E-state index contributed by atoms with van der Waals surface area (Å²) in [6.45, 7) is 21.3. The van der Waals surface area contributed by atoms with Crippen molar-refractivity contribution < 1.29 is 0 Å². The molecule has 0 aromatic rings. The van der Waals surface area contributed by atoms with Gasteiger partial charge in [-0.2, -0.15) is 0 Å². The zero-order valence-electron chi connectivity index (χ0n) is 24.6. The fraction of sp³-hybridized carbons (Fsp3) is 0.758. The zero-order chi connectivity index (χ0) is 26.8. The SMILES string of the molecule is [B]/C=C/NCCCCCCNC(=C)CCCNC(=C)CC1CC2(CC2)C2C(C)C(CC(C)=C(C)C)CC12. The molecular formula is C33H56BN3. The predicted molar refractivity (Wildman–Crippen MR) is 162 cm³/mol. The van der Waals surface area contributed by atoms with Crippen molar-refractivity contribution in [3.63, 3.8) is 0 Å². The number of unbranched alkanes of at least 4 members (excludes halogenated alkanes) is 3. The van der Waals surface area contributed by atoms with Gasteiger partial charge in [0.25, 0.3) is 0 Å². The van der Waals surface area contributed by atoms with Gasteiger partial charge in [0.05, 0.1) is 0 Å². The highest BCUT2D eigenvalue weighted by molar-refractivity contribution is 6.16. The van der Waals surface area contributed by atoms with Crippen LogP contribution in [0.4, 0.5) is 0 Å². The van der Waals surface area contributed by atoms with Gasteiger partial charge in [0.2, 0.25) is 0 Å². The molecule has 0 amide bonds. The minimum atomic E-state index is 0.699. The van der Waals surface area contributed by atoms with E-state index in [1.807, 2.05) is 6.20 Å². The molecule has 1 spiro atoms. The van der Waals surface area contributed by atoms with E-state index in [4.69, 9.17) is 7.85 Å². The van der Waals surface area contributed by atoms with Crippen LogP contribution < -0.4 is 16.0 Å². The topological polar surface area (TPSA) is 36.1 Å². The van der Waals surface area contributed by atoms with Crippen molar-refractivity contribution in [2.24, 2.45) is 35.0 Å². The van der Waals surface area contributed by atoms with Gasteiger partial charge in [0, 0.05) is 31.0 Å². The van der Waals surface area contributed by atoms with Gasteiger partial charge in [-0.3, -0.25) is 0 Å². The summed E-state index contributed by atoms with van der Waals surface area (Å²) in [5.74, 6) is 6.07. The van der Waals surface area contributed by atoms with Gasteiger partial charge in [-0.15, -0.1) is 5.98 Å². The summed E-state index contributed by atoms with van der Waals surface area (Å²) in [4.78, 5) is 0. The molecule has 0 aromatic heterocycles. The first-order valence-electron chi connectivity index (χ1n) is 15.3. The molecule has 3 aliphatic carbocycles. The second-order valence-corrected chi connectivity index (χ2v) is 13.0. The predicted octanol–water partition coefficient (Wildman–Crippen LogP) is 7.59. The van der Waals surface area contributed by atoms with Gasteiger partial charge in [0.15, 0.2) is 0 Å². The molecule has 37 heavy (non-hydrogen) atoms. The Hall–Kier alpha value is -1.58. The number of hydrogen-bond acceptors (Lipinski definition) is 3. The maximum Gasteiger partial charge on any atom is 0.104 e. The number of rotatable bonds is 18. The third-order valence-electron chi connectivity index (χ3n) is 10.0. The summed E-state index contributed by atoms with van der Waals surface area (Å²) >= 11 is 0. The maximum absolute atomic E-state index is 5.31. The molecule has 0 aliphatic heterocycles. The van der Waals surface area contributed by atoms with Crippen LogP contribution >= 0.6 is 0 Å². The van der Waals surface area contributed by atoms with E-state index in [0.29, 0.717) is 5.41 Å². The van der Waals surface area contributed by atoms with Crippen LogP contribution in [0.25, 0.3) is 0 Å². The Morgan fingerprint density at radius 2 is 1.57 bits per heavy atom. The van der Waals surface area contributed by atoms with Crippen molar-refractivity contribution in [1.82, 2.24) is 16.0 Å². The molecular weight excluding hydrogens is 449 g/mol. The Morgan fingerprint density at radius 3 is 2.24 bits per heavy atom. The van der Waals surface area contributed by atoms with Crippen LogP contribution in [0.3, 0.4) is 0 Å². The number of nitrogens with one attached hydrogen (secondary N) is 3. The van der Waals surface area contributed by atoms with E-state index in [2.05, 4.69) is 56.8 Å². The molecule has 5 unspecified atom stereocenters. The summed E-state index contributed by atoms with van der Waals surface area (Å²) in [6, 6.07) is 0. The molecule has 5 atom stereocenters. The van der Waals surface area contributed by atoms with E-state index in [9.17, 15) is 0 Å². The molecule has 3 N–H and O–H groups in total. The van der Waals surface area contributed by atoms with E-state index in [-0.39, 0.29) is 0 Å². The molecule has 0 saturated heterocycles. The summed E-state index contributed by atoms with van der Waals surface area (Å²) in [7, 11) is 5.31. The van der Waals surface area contributed by atoms with Gasteiger partial charge in [0.1, 0.15) is 7.85 Å². The first-order valence-corrected chi connectivity index (χ1v) is 15.3. The normalized spacial score (nSPS) is 27.3. The maximum atomic E-state index is 5.31. The summed E-state index contributed by atoms with van der Waals surface area (Å²) < 4.78 is 0. The van der Waals surface area contributed by atoms with Crippen LogP contribution in [-0.2, 0) is 0 Å². The lowest BCUT2D eigenvalue weighted by Crippen LogP contribution is -2.20. The van der Waals surface area contributed by atoms with Crippen LogP contribution in [0.15, 0.2) is 47.9 Å². The van der Waals surface area contributed by atoms with Crippen LogP contribution in [0.5, 0.6) is 0 Å². The van der Waals surface area contributed by atoms with Crippen LogP contribution in [0.2, 0.25) is 0 Å². The molecule has 0 heterocycles. The third kappa shape index (κ3) is 8.72. The number of allylic oxidation sites excluding steroid dienone is 4. The molecule has 0 bridgehead atoms. The molecule has 4 heteroatoms. The Labute approximate surface area is 230 Å². The molecule has 3 nitrogen and oxygen atoms in total. The molecule has 3 fully saturated rings. The highest BCUT2D eigenvalue weighted by atomic mass is 14.9. The highest BCUT2D eigenvalue weighted by Gasteiger charge is 2.64. The van der Waals surface area contributed by atoms with E-state index in [1.54, 1.807) is 11.5 Å². The Kier molecular flexibility index (Phi) is 11.8. The summed E-state index contributed by atoms with van der Waals surface area (Å²) in [5.41, 5.74) is 6.30. The monoisotopic (exact) mass is 505 g/mol. The quantitative estimate of drug-likeness (QED) is 0.102. The molecule has 3 saturated carbocycles. The van der Waals surface area contributed by atoms with E-state index in [0.717, 1.165) is 62.1 Å². The Morgan fingerprint density at radius 1 is 0.892 bits per heavy atom. The van der Waals surface area contributed by atoms with Crippen LogP contribution in [0.1, 0.15) is 105 Å². The van der Waals surface area contributed by atoms with E-state index in [1.165, 1.54) is 81.2 Å². The zero-order valence-corrected chi connectivity index (χ0v) is 24.6. The fourth-order valence-electron chi connectivity index (χ4n) is 7.66. The Balaban J connectivity index is 1.29. The van der Waals surface area contributed by atoms with Crippen molar-refractivity contribution >= 4 is 7.85 Å². The smallest absolute Gasteiger partial charge is 0.104 e. The largest absolute Gasteiger partial charge is 0.392 e. The average molecular weight is 506 g/mol. The first-order chi connectivity index (χ1) is 17.8. The highest BCUT2D eigenvalue weighted by Crippen LogP contribution is 2.72. The first kappa shape index (κ1) is 30.0. The van der Waals surface area contributed by atoms with Gasteiger partial charge < -0.3 is 16.0 Å². The molecule has 3 aliphatic rings. The summed E-state index contributed by atoms with van der Waals surface area (Å²) in [5, 5.41) is 10.4. The van der Waals surface area contributed by atoms with E-state index >= 15 is 0 Å². The van der Waals surface area contributed by atoms with Crippen LogP contribution in [-0.4, -0.2) is 27.5 Å². The lowest BCUT2D eigenvalue weighted by Gasteiger charge is -2.26. The van der Waals surface area contributed by atoms with Gasteiger partial charge >= 0.3 is 0 Å². The minimum absolute atomic E-state index is 0.699. The van der Waals surface area contributed by atoms with Gasteiger partial charge in [-0.25, -0.2) is 0 Å². The molecule has 2 radical (unpaired) electrons. The second kappa shape index (κ2) is 14.5. The number of hydrogen-bond donors (Lipinski definition) is 3. The lowest BCUT2D eigenvalue weighted by atomic mass is 9.79. The van der Waals surface area contributed by atoms with Crippen molar-refractivity contribution in [1.29, 1.82) is 0 Å². The van der Waals surface area contributed by atoms with Crippen molar-refractivity contribution in [2.45, 2.75) is 105 Å². The Bertz CT molecular complexity index is 804. The van der Waals surface area contributed by atoms with Gasteiger partial charge in [-0.05, 0) is 126 Å². The fourth-order valence-corrected chi connectivity index (χ4v) is 7.66. The number of fused-ring (bicyclic) bond motifs is 2. The van der Waals surface area contributed by atoms with Crippen LogP contribution in [0, 0.1) is 35.0 Å². The molecule has 206 valence electrons. The van der Waals surface area contributed by atoms with Crippen molar-refractivity contribution in [3.8, 4) is 0 Å². The second-order valence-electron chi connectivity index (χ2n) is 13.0. The van der Waals surface area contributed by atoms with Crippen molar-refractivity contribution in [2.75, 3.05) is 19.6 Å². The standard InChI is InChI=1S/C33H56BN3/c1-24(2)25(3)20-29-22-31-30(23-33(13-14-33)32(31)28(29)6)21-27(5)37-18-11-12-26(4)36-17-10-8-7-9-16-35-19-15-34/h15,19,28-32,35-37H,4-5,7-14,16-18,20-23H2,1-3,6H3/b19-15+.